The van der Waals surface area contributed by atoms with Crippen LogP contribution in [-0.2, 0) is 9.53 Å². The van der Waals surface area contributed by atoms with E-state index in [2.05, 4.69) is 24.8 Å². The summed E-state index contributed by atoms with van der Waals surface area (Å²) in [7, 11) is 0. The minimum absolute atomic E-state index is 0.00985. The van der Waals surface area contributed by atoms with Crippen LogP contribution in [0.4, 0.5) is 0 Å². The fourth-order valence-corrected chi connectivity index (χ4v) is 1.92. The van der Waals surface area contributed by atoms with E-state index in [1.54, 1.807) is 0 Å². The Bertz CT molecular complexity index is 249. The van der Waals surface area contributed by atoms with Crippen molar-refractivity contribution >= 4 is 5.97 Å². The van der Waals surface area contributed by atoms with E-state index < -0.39 is 0 Å². The van der Waals surface area contributed by atoms with Gasteiger partial charge in [-0.05, 0) is 46.7 Å². The Labute approximate surface area is 98.5 Å². The molecule has 1 aliphatic rings. The molecule has 92 valence electrons. The highest BCUT2D eigenvalue weighted by molar-refractivity contribution is 5.72. The standard InChI is InChI=1S/C13H23NO2/c1-4-16-13(15)12-6-9-14(10-7-12)8-5-11(2)3/h5,12H,4,6-10H2,1-3H3. The average Bonchev–Trinajstić information content (AvgIpc) is 2.27. The predicted octanol–water partition coefficient (Wildman–Crippen LogP) is 2.23. The number of hydrogen-bond donors (Lipinski definition) is 0. The lowest BCUT2D eigenvalue weighted by Crippen LogP contribution is -2.37. The molecule has 0 atom stereocenters. The Morgan fingerprint density at radius 2 is 2.00 bits per heavy atom. The van der Waals surface area contributed by atoms with E-state index in [1.165, 1.54) is 5.57 Å². The second-order valence-electron chi connectivity index (χ2n) is 4.61. The lowest BCUT2D eigenvalue weighted by molar-refractivity contribution is -0.149. The number of likely N-dealkylation sites (tertiary alicyclic amines) is 1. The molecule has 1 fully saturated rings. The van der Waals surface area contributed by atoms with Crippen LogP contribution in [0.5, 0.6) is 0 Å². The Kier molecular flexibility index (Phi) is 5.53. The maximum Gasteiger partial charge on any atom is 0.309 e. The van der Waals surface area contributed by atoms with Gasteiger partial charge in [0.1, 0.15) is 0 Å². The average molecular weight is 225 g/mol. The number of piperidine rings is 1. The summed E-state index contributed by atoms with van der Waals surface area (Å²) in [5, 5.41) is 0. The quantitative estimate of drug-likeness (QED) is 0.543. The van der Waals surface area contributed by atoms with Gasteiger partial charge in [-0.3, -0.25) is 9.69 Å². The van der Waals surface area contributed by atoms with E-state index in [0.29, 0.717) is 6.61 Å². The van der Waals surface area contributed by atoms with E-state index in [-0.39, 0.29) is 11.9 Å². The van der Waals surface area contributed by atoms with Crippen molar-refractivity contribution in [3.63, 3.8) is 0 Å². The van der Waals surface area contributed by atoms with Gasteiger partial charge in [-0.2, -0.15) is 0 Å². The van der Waals surface area contributed by atoms with Crippen molar-refractivity contribution in [1.82, 2.24) is 4.90 Å². The number of hydrogen-bond acceptors (Lipinski definition) is 3. The number of nitrogens with zero attached hydrogens (tertiary/aromatic N) is 1. The highest BCUT2D eigenvalue weighted by Crippen LogP contribution is 2.18. The normalized spacial score (nSPS) is 18.2. The zero-order chi connectivity index (χ0) is 12.0. The first-order valence-corrected chi connectivity index (χ1v) is 6.15. The van der Waals surface area contributed by atoms with Crippen molar-refractivity contribution in [3.05, 3.63) is 11.6 Å². The van der Waals surface area contributed by atoms with Crippen molar-refractivity contribution < 1.29 is 9.53 Å². The summed E-state index contributed by atoms with van der Waals surface area (Å²) in [6.45, 7) is 9.62. The van der Waals surface area contributed by atoms with Crippen LogP contribution in [-0.4, -0.2) is 37.1 Å². The van der Waals surface area contributed by atoms with Crippen molar-refractivity contribution in [2.24, 2.45) is 5.92 Å². The van der Waals surface area contributed by atoms with Gasteiger partial charge in [0.15, 0.2) is 0 Å². The van der Waals surface area contributed by atoms with E-state index in [9.17, 15) is 4.79 Å². The number of allylic oxidation sites excluding steroid dienone is 1. The third kappa shape index (κ3) is 4.35. The molecule has 1 heterocycles. The molecule has 16 heavy (non-hydrogen) atoms. The van der Waals surface area contributed by atoms with Crippen LogP contribution in [0.1, 0.15) is 33.6 Å². The Morgan fingerprint density at radius 1 is 1.38 bits per heavy atom. The van der Waals surface area contributed by atoms with Crippen molar-refractivity contribution in [3.8, 4) is 0 Å². The minimum atomic E-state index is -0.00985. The SMILES string of the molecule is CCOC(=O)C1CCN(CC=C(C)C)CC1. The van der Waals surface area contributed by atoms with Gasteiger partial charge in [0.05, 0.1) is 12.5 Å². The molecule has 0 amide bonds. The van der Waals surface area contributed by atoms with Gasteiger partial charge in [-0.15, -0.1) is 0 Å². The second kappa shape index (κ2) is 6.69. The maximum atomic E-state index is 11.5. The second-order valence-corrected chi connectivity index (χ2v) is 4.61. The molecule has 1 aliphatic heterocycles. The molecule has 0 radical (unpaired) electrons. The summed E-state index contributed by atoms with van der Waals surface area (Å²) in [6, 6.07) is 0. The van der Waals surface area contributed by atoms with Crippen molar-refractivity contribution in [2.45, 2.75) is 33.6 Å². The molecule has 0 aromatic carbocycles. The first-order valence-electron chi connectivity index (χ1n) is 6.15. The van der Waals surface area contributed by atoms with Gasteiger partial charge in [0, 0.05) is 6.54 Å². The monoisotopic (exact) mass is 225 g/mol. The predicted molar refractivity (Wildman–Crippen MR) is 65.2 cm³/mol. The van der Waals surface area contributed by atoms with Gasteiger partial charge >= 0.3 is 5.97 Å². The van der Waals surface area contributed by atoms with E-state index in [0.717, 1.165) is 32.5 Å². The van der Waals surface area contributed by atoms with Gasteiger partial charge in [0.25, 0.3) is 0 Å². The first-order chi connectivity index (χ1) is 7.63. The van der Waals surface area contributed by atoms with Crippen LogP contribution in [0.15, 0.2) is 11.6 Å². The molecule has 0 aliphatic carbocycles. The van der Waals surface area contributed by atoms with E-state index in [4.69, 9.17) is 4.74 Å². The zero-order valence-corrected chi connectivity index (χ0v) is 10.7. The summed E-state index contributed by atoms with van der Waals surface area (Å²) in [6.07, 6.45) is 4.12. The van der Waals surface area contributed by atoms with Gasteiger partial charge < -0.3 is 4.74 Å². The lowest BCUT2D eigenvalue weighted by Gasteiger charge is -2.29. The number of ether oxygens (including phenoxy) is 1. The largest absolute Gasteiger partial charge is 0.466 e. The minimum Gasteiger partial charge on any atom is -0.466 e. The van der Waals surface area contributed by atoms with Crippen LogP contribution >= 0.6 is 0 Å². The van der Waals surface area contributed by atoms with Crippen LogP contribution in [0.2, 0.25) is 0 Å². The maximum absolute atomic E-state index is 11.5. The third-order valence-corrected chi connectivity index (χ3v) is 2.97. The molecule has 1 rings (SSSR count). The molecule has 0 aromatic rings. The molecule has 0 bridgehead atoms. The number of esters is 1. The van der Waals surface area contributed by atoms with Crippen molar-refractivity contribution in [2.75, 3.05) is 26.2 Å². The van der Waals surface area contributed by atoms with Gasteiger partial charge in [-0.1, -0.05) is 11.6 Å². The molecular formula is C13H23NO2. The molecular weight excluding hydrogens is 202 g/mol. The smallest absolute Gasteiger partial charge is 0.309 e. The highest BCUT2D eigenvalue weighted by atomic mass is 16.5. The number of carbonyl (C=O) groups is 1. The molecule has 0 spiro atoms. The zero-order valence-electron chi connectivity index (χ0n) is 10.7. The van der Waals surface area contributed by atoms with E-state index >= 15 is 0 Å². The van der Waals surface area contributed by atoms with Crippen LogP contribution in [0.25, 0.3) is 0 Å². The first kappa shape index (κ1) is 13.2. The Morgan fingerprint density at radius 3 is 2.50 bits per heavy atom. The molecule has 0 saturated carbocycles. The van der Waals surface area contributed by atoms with E-state index in [1.807, 2.05) is 6.92 Å². The highest BCUT2D eigenvalue weighted by Gasteiger charge is 2.25. The number of carbonyl (C=O) groups excluding carboxylic acids is 1. The summed E-state index contributed by atoms with van der Waals surface area (Å²) >= 11 is 0. The lowest BCUT2D eigenvalue weighted by atomic mass is 9.97. The van der Waals surface area contributed by atoms with Crippen LogP contribution < -0.4 is 0 Å². The van der Waals surface area contributed by atoms with Gasteiger partial charge in [-0.25, -0.2) is 0 Å². The topological polar surface area (TPSA) is 29.5 Å². The molecule has 0 aromatic heterocycles. The Hall–Kier alpha value is -0.830. The fraction of sp³-hybridized carbons (Fsp3) is 0.769. The van der Waals surface area contributed by atoms with Crippen LogP contribution in [0.3, 0.4) is 0 Å². The molecule has 1 saturated heterocycles. The van der Waals surface area contributed by atoms with Crippen molar-refractivity contribution in [1.29, 1.82) is 0 Å². The number of rotatable bonds is 4. The summed E-state index contributed by atoms with van der Waals surface area (Å²) in [5.41, 5.74) is 1.35. The summed E-state index contributed by atoms with van der Waals surface area (Å²) < 4.78 is 5.05. The van der Waals surface area contributed by atoms with Crippen LogP contribution in [0, 0.1) is 5.92 Å². The fourth-order valence-electron chi connectivity index (χ4n) is 1.92. The summed E-state index contributed by atoms with van der Waals surface area (Å²) in [5.74, 6) is 0.118. The molecule has 3 heteroatoms. The molecule has 0 unspecified atom stereocenters. The third-order valence-electron chi connectivity index (χ3n) is 2.97. The molecule has 0 N–H and O–H groups in total. The van der Waals surface area contributed by atoms with Gasteiger partial charge in [0.2, 0.25) is 0 Å². The molecule has 3 nitrogen and oxygen atoms in total. The Balaban J connectivity index is 2.28. The summed E-state index contributed by atoms with van der Waals surface area (Å²) in [4.78, 5) is 13.9.